The van der Waals surface area contributed by atoms with E-state index in [2.05, 4.69) is 103 Å². The lowest BCUT2D eigenvalue weighted by molar-refractivity contribution is 0.111. The molecule has 392 valence electrons. The Morgan fingerprint density at radius 1 is 0.554 bits per heavy atom. The van der Waals surface area contributed by atoms with Crippen molar-refractivity contribution in [1.82, 2.24) is 29.9 Å². The van der Waals surface area contributed by atoms with E-state index in [1.165, 1.54) is 11.4 Å². The Balaban J connectivity index is 0.000000173. The molecule has 24 heteroatoms. The topological polar surface area (TPSA) is 251 Å². The molecular formula is C50H62F2N16O6. The third-order valence-electron chi connectivity index (χ3n) is 11.3. The molecule has 2 aromatic carbocycles. The molecule has 4 aliphatic rings. The fraction of sp³-hybridized carbons (Fsp3) is 0.360. The largest absolute Gasteiger partial charge is 0.397 e. The Hall–Kier alpha value is -7.74. The van der Waals surface area contributed by atoms with E-state index >= 15 is 0 Å². The van der Waals surface area contributed by atoms with Crippen molar-refractivity contribution in [3.63, 3.8) is 0 Å². The molecule has 0 unspecified atom stereocenters. The smallest absolute Gasteiger partial charge is 0.245 e. The fourth-order valence-electron chi connectivity index (χ4n) is 7.58. The highest BCUT2D eigenvalue weighted by Gasteiger charge is 2.19. The quantitative estimate of drug-likeness (QED) is 0.0382. The molecule has 4 fully saturated rings. The van der Waals surface area contributed by atoms with Gasteiger partial charge in [0.2, 0.25) is 11.9 Å². The number of morpholine rings is 4. The standard InChI is InChI=1S/C24H27FN8O2.C16H17N3O2.C8H12FN5O.C2H6O/c25-22-17-27-24(30-23(22)33-9-13-35-14-10-33)31-28-16-19-1-2-20(15-26-19)29-18-3-5-21(6-4-18)32-7-11-34-12-8-32;20-12-15-2-1-14(11-17-15)18-13-3-5-16(6-4-13)19-7-9-21-10-8-19;9-6-5-11-8(13-10)12-7(6)14-1-3-15-4-2-14;1-2-3/h1-6,15-17,29H,7-14H2,(H,27,30,31);1-6,11-12,18H,7-10H2;5H,1-4,10H2,(H,11,12,13);3H,2H2,1H3/b28-16+;;;. The van der Waals surface area contributed by atoms with Crippen molar-refractivity contribution in [1.29, 1.82) is 0 Å². The van der Waals surface area contributed by atoms with Gasteiger partial charge in [0.25, 0.3) is 0 Å². The molecule has 7 N–H and O–H groups in total. The van der Waals surface area contributed by atoms with Crippen LogP contribution in [0.1, 0.15) is 23.1 Å². The minimum atomic E-state index is -0.470. The first-order valence-electron chi connectivity index (χ1n) is 24.2. The van der Waals surface area contributed by atoms with Gasteiger partial charge >= 0.3 is 0 Å². The molecule has 74 heavy (non-hydrogen) atoms. The highest BCUT2D eigenvalue weighted by Crippen LogP contribution is 2.24. The van der Waals surface area contributed by atoms with Crippen LogP contribution in [-0.2, 0) is 18.9 Å². The summed E-state index contributed by atoms with van der Waals surface area (Å²) in [4.78, 5) is 43.1. The first-order chi connectivity index (χ1) is 36.3. The Morgan fingerprint density at radius 2 is 0.932 bits per heavy atom. The van der Waals surface area contributed by atoms with Gasteiger partial charge in [0, 0.05) is 81.7 Å². The molecule has 6 aromatic rings. The van der Waals surface area contributed by atoms with E-state index in [1.54, 1.807) is 36.5 Å². The van der Waals surface area contributed by atoms with E-state index in [-0.39, 0.29) is 30.1 Å². The number of hydrazine groups is 1. The van der Waals surface area contributed by atoms with Crippen molar-refractivity contribution in [2.24, 2.45) is 10.9 Å². The Morgan fingerprint density at radius 3 is 1.32 bits per heavy atom. The van der Waals surface area contributed by atoms with E-state index in [1.807, 2.05) is 35.2 Å². The van der Waals surface area contributed by atoms with Crippen LogP contribution in [0.2, 0.25) is 0 Å². The van der Waals surface area contributed by atoms with Gasteiger partial charge < -0.3 is 54.3 Å². The number of nitrogens with two attached hydrogens (primary N) is 1. The number of hydrogen-bond acceptors (Lipinski definition) is 22. The second kappa shape index (κ2) is 29.1. The fourth-order valence-corrected chi connectivity index (χ4v) is 7.58. The molecule has 0 aliphatic carbocycles. The van der Waals surface area contributed by atoms with Gasteiger partial charge in [-0.25, -0.2) is 30.0 Å². The second-order valence-electron chi connectivity index (χ2n) is 16.4. The number of hydrazone groups is 1. The maximum Gasteiger partial charge on any atom is 0.245 e. The first kappa shape index (κ1) is 54.0. The Kier molecular flexibility index (Phi) is 21.2. The van der Waals surface area contributed by atoms with Crippen LogP contribution >= 0.6 is 0 Å². The molecule has 4 saturated heterocycles. The van der Waals surface area contributed by atoms with Crippen LogP contribution < -0.4 is 46.9 Å². The van der Waals surface area contributed by atoms with Crippen LogP contribution in [0.15, 0.2) is 103 Å². The van der Waals surface area contributed by atoms with Crippen molar-refractivity contribution in [2.75, 3.05) is 153 Å². The molecule has 4 aliphatic heterocycles. The predicted molar refractivity (Wildman–Crippen MR) is 281 cm³/mol. The molecule has 8 heterocycles. The average molecular weight is 1020 g/mol. The number of aromatic nitrogens is 6. The van der Waals surface area contributed by atoms with E-state index in [0.717, 1.165) is 94.0 Å². The summed E-state index contributed by atoms with van der Waals surface area (Å²) in [5, 5.41) is 18.3. The molecule has 0 bridgehead atoms. The SMILES string of the molecule is CCO.Fc1cnc(N/N=C/c2ccc(Nc3ccc(N4CCOCC4)cc3)cn2)nc1N1CCOCC1.NNc1ncc(F)c(N2CCOCC2)n1.O=Cc1ccc(Nc2ccc(N3CCOCC3)cc2)cn1. The number of carbonyl (C=O) groups excluding carboxylic acids is 1. The monoisotopic (exact) mass is 1020 g/mol. The van der Waals surface area contributed by atoms with Crippen LogP contribution in [0.5, 0.6) is 0 Å². The maximum absolute atomic E-state index is 14.1. The van der Waals surface area contributed by atoms with Crippen LogP contribution in [-0.4, -0.2) is 159 Å². The van der Waals surface area contributed by atoms with Crippen molar-refractivity contribution in [3.05, 3.63) is 121 Å². The zero-order chi connectivity index (χ0) is 51.7. The number of aliphatic hydroxyl groups is 1. The lowest BCUT2D eigenvalue weighted by atomic mass is 10.2. The van der Waals surface area contributed by atoms with Crippen molar-refractivity contribution < 1.29 is 37.6 Å². The molecule has 0 amide bonds. The van der Waals surface area contributed by atoms with Gasteiger partial charge in [-0.2, -0.15) is 15.1 Å². The number of nitrogens with one attached hydrogen (secondary N) is 4. The number of aliphatic hydroxyl groups excluding tert-OH is 1. The van der Waals surface area contributed by atoms with Gasteiger partial charge in [-0.3, -0.25) is 20.2 Å². The molecule has 0 saturated carbocycles. The third-order valence-corrected chi connectivity index (χ3v) is 11.3. The number of aldehydes is 1. The Bertz CT molecular complexity index is 2620. The van der Waals surface area contributed by atoms with Gasteiger partial charge in [0.1, 0.15) is 5.69 Å². The van der Waals surface area contributed by atoms with Gasteiger partial charge in [-0.1, -0.05) is 0 Å². The lowest BCUT2D eigenvalue weighted by Crippen LogP contribution is -2.37. The van der Waals surface area contributed by atoms with E-state index < -0.39 is 11.6 Å². The zero-order valence-electron chi connectivity index (χ0n) is 41.2. The number of rotatable bonds is 13. The minimum Gasteiger partial charge on any atom is -0.397 e. The molecule has 4 aromatic heterocycles. The summed E-state index contributed by atoms with van der Waals surface area (Å²) in [6.45, 7) is 13.4. The second-order valence-corrected chi connectivity index (χ2v) is 16.4. The first-order valence-corrected chi connectivity index (χ1v) is 24.2. The van der Waals surface area contributed by atoms with Crippen LogP contribution in [0.3, 0.4) is 0 Å². The van der Waals surface area contributed by atoms with Crippen LogP contribution in [0.25, 0.3) is 0 Å². The number of nitrogens with zero attached hydrogens (tertiary/aromatic N) is 11. The summed E-state index contributed by atoms with van der Waals surface area (Å²) in [6, 6.07) is 23.9. The number of carbonyl (C=O) groups is 1. The van der Waals surface area contributed by atoms with E-state index in [0.29, 0.717) is 64.0 Å². The molecule has 10 rings (SSSR count). The highest BCUT2D eigenvalue weighted by molar-refractivity contribution is 5.78. The van der Waals surface area contributed by atoms with Crippen molar-refractivity contribution >= 4 is 70.2 Å². The van der Waals surface area contributed by atoms with Gasteiger partial charge in [0.15, 0.2) is 29.6 Å². The highest BCUT2D eigenvalue weighted by atomic mass is 19.1. The van der Waals surface area contributed by atoms with Crippen molar-refractivity contribution in [2.45, 2.75) is 6.92 Å². The molecular weight excluding hydrogens is 959 g/mol. The van der Waals surface area contributed by atoms with E-state index in [4.69, 9.17) is 29.9 Å². The molecule has 0 atom stereocenters. The predicted octanol–water partition coefficient (Wildman–Crippen LogP) is 5.08. The lowest BCUT2D eigenvalue weighted by Gasteiger charge is -2.28. The minimum absolute atomic E-state index is 0.206. The number of ether oxygens (including phenoxy) is 4. The Labute approximate surface area is 427 Å². The number of anilines is 10. The maximum atomic E-state index is 14.1. The van der Waals surface area contributed by atoms with Crippen LogP contribution in [0.4, 0.5) is 66.4 Å². The number of nitrogen functional groups attached to an aromatic ring is 1. The summed E-state index contributed by atoms with van der Waals surface area (Å²) < 4.78 is 48.8. The van der Waals surface area contributed by atoms with E-state index in [9.17, 15) is 13.6 Å². The van der Waals surface area contributed by atoms with Gasteiger partial charge in [-0.05, 0) is 79.7 Å². The van der Waals surface area contributed by atoms with Crippen molar-refractivity contribution in [3.8, 4) is 0 Å². The number of halogens is 2. The summed E-state index contributed by atoms with van der Waals surface area (Å²) >= 11 is 0. The van der Waals surface area contributed by atoms with Gasteiger partial charge in [0.05, 0.1) is 101 Å². The zero-order valence-corrected chi connectivity index (χ0v) is 41.2. The summed E-state index contributed by atoms with van der Waals surface area (Å²) in [5.41, 5.74) is 12.2. The number of pyridine rings is 2. The molecule has 0 spiro atoms. The number of benzene rings is 2. The summed E-state index contributed by atoms with van der Waals surface area (Å²) in [5.74, 6) is 5.16. The normalized spacial score (nSPS) is 15.6. The molecule has 0 radical (unpaired) electrons. The van der Waals surface area contributed by atoms with Crippen LogP contribution in [0, 0.1) is 11.6 Å². The molecule has 22 nitrogen and oxygen atoms in total. The van der Waals surface area contributed by atoms with Gasteiger partial charge in [-0.15, -0.1) is 0 Å². The summed E-state index contributed by atoms with van der Waals surface area (Å²) in [6.07, 6.45) is 7.93. The number of hydrogen-bond donors (Lipinski definition) is 6. The average Bonchev–Trinajstić information content (AvgIpc) is 3.46. The summed E-state index contributed by atoms with van der Waals surface area (Å²) in [7, 11) is 0. The third kappa shape index (κ3) is 16.7.